The van der Waals surface area contributed by atoms with E-state index in [1.807, 2.05) is 12.4 Å². The molecule has 5 heterocycles. The Kier molecular flexibility index (Phi) is 7.03. The van der Waals surface area contributed by atoms with Crippen molar-refractivity contribution in [3.8, 4) is 44.5 Å². The van der Waals surface area contributed by atoms with Gasteiger partial charge in [0, 0.05) is 55.6 Å². The fraction of sp³-hybridized carbons (Fsp3) is 0. The second kappa shape index (κ2) is 12.6. The summed E-state index contributed by atoms with van der Waals surface area (Å²) in [7, 11) is 0. The van der Waals surface area contributed by atoms with E-state index in [0.29, 0.717) is 5.95 Å². The number of thiophene rings is 1. The van der Waals surface area contributed by atoms with Gasteiger partial charge in [0.25, 0.3) is 0 Å². The minimum atomic E-state index is 0.648. The van der Waals surface area contributed by atoms with Crippen LogP contribution in [0.5, 0.6) is 0 Å². The van der Waals surface area contributed by atoms with E-state index in [9.17, 15) is 0 Å². The second-order valence-corrected chi connectivity index (χ2v) is 15.5. The molecule has 0 amide bonds. The summed E-state index contributed by atoms with van der Waals surface area (Å²) in [6, 6.07) is 63.0. The Hall–Kier alpha value is -7.41. The lowest BCUT2D eigenvalue weighted by atomic mass is 9.99. The molecule has 0 saturated heterocycles. The van der Waals surface area contributed by atoms with Crippen LogP contribution in [0.4, 0.5) is 0 Å². The normalized spacial score (nSPS) is 11.9. The highest BCUT2D eigenvalue weighted by atomic mass is 32.1. The number of hydrogen-bond acceptors (Lipinski definition) is 4. The smallest absolute Gasteiger partial charge is 0.235 e. The van der Waals surface area contributed by atoms with Crippen LogP contribution in [0.15, 0.2) is 188 Å². The first-order valence-corrected chi connectivity index (χ1v) is 19.9. The minimum Gasteiger partial charge on any atom is -0.309 e. The van der Waals surface area contributed by atoms with Gasteiger partial charge in [0.1, 0.15) is 0 Å². The molecule has 57 heavy (non-hydrogen) atoms. The molecule has 0 fully saturated rings. The standard InChI is InChI=1S/C51H31N5S/c1-3-12-33(13-4-1)48-50-43(31-47(57-50)32-24-26-52-27-25-32)53-51(54-48)56-45-23-22-36(29-41(45)42-28-34-14-7-8-15-35(34)30-46(42)56)38-19-11-20-40-39-18-9-10-21-44(39)55(49(38)40)37-16-5-2-6-17-37/h1-31H. The van der Waals surface area contributed by atoms with Gasteiger partial charge in [-0.05, 0) is 82.6 Å². The second-order valence-electron chi connectivity index (χ2n) is 14.5. The maximum absolute atomic E-state index is 5.44. The van der Waals surface area contributed by atoms with Crippen LogP contribution < -0.4 is 0 Å². The zero-order valence-electron chi connectivity index (χ0n) is 30.5. The molecule has 0 bridgehead atoms. The third-order valence-corrected chi connectivity index (χ3v) is 12.4. The largest absolute Gasteiger partial charge is 0.309 e. The molecule has 0 unspecified atom stereocenters. The van der Waals surface area contributed by atoms with Gasteiger partial charge in [-0.1, -0.05) is 115 Å². The van der Waals surface area contributed by atoms with E-state index in [-0.39, 0.29) is 0 Å². The lowest BCUT2D eigenvalue weighted by molar-refractivity contribution is 1.02. The molecule has 0 N–H and O–H groups in total. The molecule has 0 radical (unpaired) electrons. The number of pyridine rings is 1. The number of nitrogens with zero attached hydrogens (tertiary/aromatic N) is 5. The van der Waals surface area contributed by atoms with Crippen LogP contribution in [0.3, 0.4) is 0 Å². The molecule has 5 nitrogen and oxygen atoms in total. The molecule has 12 rings (SSSR count). The molecule has 0 aliphatic carbocycles. The SMILES string of the molecule is c1ccc(-c2nc(-n3c4ccc(-c5cccc6c7ccccc7n(-c7ccccc7)c56)cc4c4cc5ccccc5cc43)nc3cc(-c4ccncc4)sc23)cc1. The Morgan fingerprint density at radius 3 is 1.98 bits per heavy atom. The predicted octanol–water partition coefficient (Wildman–Crippen LogP) is 13.4. The van der Waals surface area contributed by atoms with Gasteiger partial charge in [0.15, 0.2) is 0 Å². The maximum atomic E-state index is 5.44. The van der Waals surface area contributed by atoms with Gasteiger partial charge in [-0.2, -0.15) is 0 Å². The van der Waals surface area contributed by atoms with Gasteiger partial charge in [0.2, 0.25) is 5.95 Å². The van der Waals surface area contributed by atoms with Crippen LogP contribution >= 0.6 is 11.3 Å². The number of hydrogen-bond donors (Lipinski definition) is 0. The lowest BCUT2D eigenvalue weighted by Gasteiger charge is -2.12. The summed E-state index contributed by atoms with van der Waals surface area (Å²) >= 11 is 1.72. The first-order chi connectivity index (χ1) is 28.3. The van der Waals surface area contributed by atoms with E-state index in [1.54, 1.807) is 11.3 Å². The fourth-order valence-corrected chi connectivity index (χ4v) is 9.77. The molecular formula is C51H31N5S. The molecular weight excluding hydrogens is 715 g/mol. The molecule has 266 valence electrons. The average molecular weight is 746 g/mol. The fourth-order valence-electron chi connectivity index (χ4n) is 8.65. The first kappa shape index (κ1) is 31.9. The number of para-hydroxylation sites is 3. The van der Waals surface area contributed by atoms with Gasteiger partial charge in [0.05, 0.1) is 38.0 Å². The summed E-state index contributed by atoms with van der Waals surface area (Å²) in [5.41, 5.74) is 12.0. The Balaban J connectivity index is 1.15. The zero-order valence-corrected chi connectivity index (χ0v) is 31.4. The van der Waals surface area contributed by atoms with Gasteiger partial charge in [-0.15, -0.1) is 11.3 Å². The van der Waals surface area contributed by atoms with Crippen molar-refractivity contribution in [3.05, 3.63) is 188 Å². The maximum Gasteiger partial charge on any atom is 0.235 e. The van der Waals surface area contributed by atoms with Crippen molar-refractivity contribution in [1.82, 2.24) is 24.1 Å². The summed E-state index contributed by atoms with van der Waals surface area (Å²) in [6.07, 6.45) is 3.68. The summed E-state index contributed by atoms with van der Waals surface area (Å²) in [5, 5.41) is 7.16. The van der Waals surface area contributed by atoms with Crippen LogP contribution in [-0.4, -0.2) is 24.1 Å². The van der Waals surface area contributed by atoms with Gasteiger partial charge < -0.3 is 4.57 Å². The number of rotatable bonds is 5. The Bertz CT molecular complexity index is 3510. The molecule has 0 aliphatic heterocycles. The predicted molar refractivity (Wildman–Crippen MR) is 238 cm³/mol. The van der Waals surface area contributed by atoms with Gasteiger partial charge in [-0.25, -0.2) is 9.97 Å². The van der Waals surface area contributed by atoms with Crippen molar-refractivity contribution in [2.45, 2.75) is 0 Å². The number of fused-ring (bicyclic) bond motifs is 8. The quantitative estimate of drug-likeness (QED) is 0.176. The molecule has 6 heteroatoms. The van der Waals surface area contributed by atoms with Crippen molar-refractivity contribution >= 4 is 75.9 Å². The third-order valence-electron chi connectivity index (χ3n) is 11.2. The van der Waals surface area contributed by atoms with Crippen molar-refractivity contribution in [1.29, 1.82) is 0 Å². The van der Waals surface area contributed by atoms with Crippen molar-refractivity contribution in [2.75, 3.05) is 0 Å². The molecule has 0 spiro atoms. The number of benzene rings is 7. The lowest BCUT2D eigenvalue weighted by Crippen LogP contribution is -2.02. The summed E-state index contributed by atoms with van der Waals surface area (Å²) < 4.78 is 5.74. The summed E-state index contributed by atoms with van der Waals surface area (Å²) in [4.78, 5) is 16.2. The third kappa shape index (κ3) is 4.98. The van der Waals surface area contributed by atoms with Gasteiger partial charge >= 0.3 is 0 Å². The van der Waals surface area contributed by atoms with Crippen LogP contribution in [0, 0.1) is 0 Å². The average Bonchev–Trinajstić information content (AvgIpc) is 3.96. The molecule has 12 aromatic rings. The highest BCUT2D eigenvalue weighted by Gasteiger charge is 2.22. The zero-order chi connectivity index (χ0) is 37.5. The Morgan fingerprint density at radius 2 is 1.14 bits per heavy atom. The highest BCUT2D eigenvalue weighted by molar-refractivity contribution is 7.22. The molecule has 5 aromatic heterocycles. The van der Waals surface area contributed by atoms with E-state index < -0.39 is 0 Å². The molecule has 0 aliphatic rings. The van der Waals surface area contributed by atoms with Crippen molar-refractivity contribution in [3.63, 3.8) is 0 Å². The number of aromatic nitrogens is 5. The van der Waals surface area contributed by atoms with Crippen molar-refractivity contribution < 1.29 is 0 Å². The van der Waals surface area contributed by atoms with Crippen LogP contribution in [0.2, 0.25) is 0 Å². The van der Waals surface area contributed by atoms with Gasteiger partial charge in [-0.3, -0.25) is 9.55 Å². The van der Waals surface area contributed by atoms with E-state index in [4.69, 9.17) is 9.97 Å². The van der Waals surface area contributed by atoms with E-state index >= 15 is 0 Å². The first-order valence-electron chi connectivity index (χ1n) is 19.1. The minimum absolute atomic E-state index is 0.648. The summed E-state index contributed by atoms with van der Waals surface area (Å²) in [6.45, 7) is 0. The molecule has 7 aromatic carbocycles. The Labute approximate surface area is 331 Å². The van der Waals surface area contributed by atoms with E-state index in [0.717, 1.165) is 65.0 Å². The topological polar surface area (TPSA) is 48.5 Å². The monoisotopic (exact) mass is 745 g/mol. The Morgan fingerprint density at radius 1 is 0.439 bits per heavy atom. The van der Waals surface area contributed by atoms with Crippen LogP contribution in [0.1, 0.15) is 0 Å². The van der Waals surface area contributed by atoms with Crippen LogP contribution in [-0.2, 0) is 0 Å². The highest BCUT2D eigenvalue weighted by Crippen LogP contribution is 2.43. The van der Waals surface area contributed by atoms with Crippen molar-refractivity contribution in [2.24, 2.45) is 0 Å². The van der Waals surface area contributed by atoms with Crippen LogP contribution in [0.25, 0.3) is 109 Å². The van der Waals surface area contributed by atoms with E-state index in [2.05, 4.69) is 190 Å². The molecule has 0 saturated carbocycles. The van der Waals surface area contributed by atoms with E-state index in [1.165, 1.54) is 38.1 Å². The molecule has 0 atom stereocenters. The summed E-state index contributed by atoms with van der Waals surface area (Å²) in [5.74, 6) is 0.648.